The average Bonchev–Trinajstić information content (AvgIpc) is 2.91. The normalized spacial score (nSPS) is 13.1. The van der Waals surface area contributed by atoms with Crippen LogP contribution in [0.4, 0.5) is 5.69 Å². The first kappa shape index (κ1) is 16.5. The molecule has 0 bridgehead atoms. The van der Waals surface area contributed by atoms with E-state index in [4.69, 9.17) is 0 Å². The van der Waals surface area contributed by atoms with Crippen LogP contribution in [0.3, 0.4) is 0 Å². The Morgan fingerprint density at radius 2 is 1.92 bits per heavy atom. The minimum atomic E-state index is -2.99. The molecule has 0 fully saturated rings. The highest BCUT2D eigenvalue weighted by Crippen LogP contribution is 2.22. The van der Waals surface area contributed by atoms with E-state index in [1.165, 1.54) is 6.26 Å². The molecule has 1 atom stereocenters. The van der Waals surface area contributed by atoms with Gasteiger partial charge in [0, 0.05) is 35.9 Å². The van der Waals surface area contributed by atoms with Crippen molar-refractivity contribution in [2.75, 3.05) is 17.3 Å². The van der Waals surface area contributed by atoms with E-state index in [0.29, 0.717) is 0 Å². The highest BCUT2D eigenvalue weighted by atomic mass is 32.2. The predicted molar refractivity (Wildman–Crippen MR) is 98.2 cm³/mol. The van der Waals surface area contributed by atoms with Crippen LogP contribution < -0.4 is 5.32 Å². The molecule has 0 spiro atoms. The van der Waals surface area contributed by atoms with Crippen molar-refractivity contribution in [1.82, 2.24) is 9.38 Å². The van der Waals surface area contributed by atoms with Gasteiger partial charge in [-0.25, -0.2) is 13.4 Å². The van der Waals surface area contributed by atoms with E-state index in [2.05, 4.69) is 10.3 Å². The lowest BCUT2D eigenvalue weighted by atomic mass is 10.1. The van der Waals surface area contributed by atoms with Crippen LogP contribution in [0, 0.1) is 6.92 Å². The minimum Gasteiger partial charge on any atom is -0.382 e. The molecule has 1 N–H and O–H groups in total. The summed E-state index contributed by atoms with van der Waals surface area (Å²) in [6, 6.07) is 11.8. The van der Waals surface area contributed by atoms with Gasteiger partial charge in [-0.1, -0.05) is 18.2 Å². The maximum Gasteiger partial charge on any atom is 0.149 e. The van der Waals surface area contributed by atoms with Crippen molar-refractivity contribution in [3.05, 3.63) is 54.4 Å². The van der Waals surface area contributed by atoms with E-state index in [1.807, 2.05) is 67.0 Å². The maximum absolute atomic E-state index is 11.3. The van der Waals surface area contributed by atoms with Gasteiger partial charge >= 0.3 is 0 Å². The second-order valence-corrected chi connectivity index (χ2v) is 8.45. The van der Waals surface area contributed by atoms with E-state index in [0.717, 1.165) is 28.2 Å². The minimum absolute atomic E-state index is 0.112. The fourth-order valence-electron chi connectivity index (χ4n) is 2.81. The third kappa shape index (κ3) is 3.76. The summed E-state index contributed by atoms with van der Waals surface area (Å²) in [5.41, 5.74) is 4.93. The molecule has 0 unspecified atom stereocenters. The number of anilines is 1. The van der Waals surface area contributed by atoms with Crippen LogP contribution in [0.25, 0.3) is 16.9 Å². The first-order chi connectivity index (χ1) is 11.3. The highest BCUT2D eigenvalue weighted by Gasteiger charge is 2.11. The van der Waals surface area contributed by atoms with Gasteiger partial charge in [-0.05, 0) is 37.6 Å². The van der Waals surface area contributed by atoms with Gasteiger partial charge in [0.15, 0.2) is 0 Å². The highest BCUT2D eigenvalue weighted by molar-refractivity contribution is 7.90. The zero-order valence-electron chi connectivity index (χ0n) is 14.0. The van der Waals surface area contributed by atoms with Gasteiger partial charge in [0.1, 0.15) is 15.5 Å². The van der Waals surface area contributed by atoms with E-state index in [9.17, 15) is 8.42 Å². The monoisotopic (exact) mass is 343 g/mol. The van der Waals surface area contributed by atoms with E-state index >= 15 is 0 Å². The van der Waals surface area contributed by atoms with Crippen LogP contribution in [0.5, 0.6) is 0 Å². The third-order valence-electron chi connectivity index (χ3n) is 3.82. The molecule has 0 saturated heterocycles. The Morgan fingerprint density at radius 1 is 1.21 bits per heavy atom. The number of nitrogens with zero attached hydrogens (tertiary/aromatic N) is 2. The number of rotatable bonds is 5. The maximum atomic E-state index is 11.3. The van der Waals surface area contributed by atoms with E-state index in [1.54, 1.807) is 0 Å². The Balaban J connectivity index is 1.79. The molecule has 0 aliphatic carbocycles. The number of aromatic nitrogens is 2. The summed E-state index contributed by atoms with van der Waals surface area (Å²) < 4.78 is 24.7. The Morgan fingerprint density at radius 3 is 2.54 bits per heavy atom. The summed E-state index contributed by atoms with van der Waals surface area (Å²) in [6.07, 6.45) is 5.25. The lowest BCUT2D eigenvalue weighted by molar-refractivity contribution is 0.598. The van der Waals surface area contributed by atoms with Crippen molar-refractivity contribution in [2.24, 2.45) is 0 Å². The van der Waals surface area contributed by atoms with Crippen molar-refractivity contribution in [3.63, 3.8) is 0 Å². The average molecular weight is 343 g/mol. The molecule has 6 heteroatoms. The zero-order chi connectivity index (χ0) is 17.3. The smallest absolute Gasteiger partial charge is 0.149 e. The fraction of sp³-hybridized carbons (Fsp3) is 0.278. The molecule has 3 aromatic rings. The molecular formula is C18H21N3O2S. The van der Waals surface area contributed by atoms with E-state index < -0.39 is 9.84 Å². The van der Waals surface area contributed by atoms with Gasteiger partial charge in [-0.15, -0.1) is 0 Å². The molecule has 3 rings (SSSR count). The molecule has 0 aliphatic heterocycles. The molecule has 5 nitrogen and oxygen atoms in total. The van der Waals surface area contributed by atoms with Gasteiger partial charge in [-0.3, -0.25) is 0 Å². The van der Waals surface area contributed by atoms with Gasteiger partial charge < -0.3 is 9.72 Å². The molecular weight excluding hydrogens is 322 g/mol. The summed E-state index contributed by atoms with van der Waals surface area (Å²) in [7, 11) is -2.99. The van der Waals surface area contributed by atoms with Gasteiger partial charge in [0.25, 0.3) is 0 Å². The molecule has 2 heterocycles. The second-order valence-electron chi connectivity index (χ2n) is 6.26. The van der Waals surface area contributed by atoms with Crippen LogP contribution in [0.15, 0.2) is 48.8 Å². The van der Waals surface area contributed by atoms with E-state index in [-0.39, 0.29) is 11.8 Å². The largest absolute Gasteiger partial charge is 0.382 e. The molecule has 2 aromatic heterocycles. The van der Waals surface area contributed by atoms with Crippen molar-refractivity contribution in [1.29, 1.82) is 0 Å². The summed E-state index contributed by atoms with van der Waals surface area (Å²) in [6.45, 7) is 3.90. The molecule has 0 radical (unpaired) electrons. The summed E-state index contributed by atoms with van der Waals surface area (Å²) in [5.74, 6) is 0.112. The summed E-state index contributed by atoms with van der Waals surface area (Å²) in [4.78, 5) is 4.68. The van der Waals surface area contributed by atoms with Crippen LogP contribution in [0.2, 0.25) is 0 Å². The molecule has 0 aliphatic rings. The first-order valence-corrected chi connectivity index (χ1v) is 9.87. The number of fused-ring (bicyclic) bond motifs is 1. The topological polar surface area (TPSA) is 63.5 Å². The van der Waals surface area contributed by atoms with Crippen LogP contribution >= 0.6 is 0 Å². The summed E-state index contributed by atoms with van der Waals surface area (Å²) >= 11 is 0. The van der Waals surface area contributed by atoms with Crippen molar-refractivity contribution in [2.45, 2.75) is 19.9 Å². The van der Waals surface area contributed by atoms with Crippen LogP contribution in [-0.2, 0) is 9.84 Å². The standard InChI is InChI=1S/C18H21N3O2S/c1-13-5-4-10-21-11-17(20-18(13)21)15-6-8-16(9-7-15)19-14(2)12-24(3,22)23/h4-11,14,19H,12H2,1-3H3/t14-/m0/s1. The third-order valence-corrected chi connectivity index (χ3v) is 4.93. The number of imidazole rings is 1. The SMILES string of the molecule is Cc1cccn2cc(-c3ccc(N[C@@H](C)CS(C)(=O)=O)cc3)nc12. The van der Waals surface area contributed by atoms with Crippen LogP contribution in [0.1, 0.15) is 12.5 Å². The Kier molecular flexibility index (Phi) is 4.32. The summed E-state index contributed by atoms with van der Waals surface area (Å²) in [5, 5.41) is 3.21. The number of hydrogen-bond donors (Lipinski definition) is 1. The molecule has 0 amide bonds. The fourth-order valence-corrected chi connectivity index (χ4v) is 3.80. The van der Waals surface area contributed by atoms with Crippen molar-refractivity contribution in [3.8, 4) is 11.3 Å². The van der Waals surface area contributed by atoms with Crippen molar-refractivity contribution >= 4 is 21.2 Å². The van der Waals surface area contributed by atoms with Crippen molar-refractivity contribution < 1.29 is 8.42 Å². The molecule has 1 aromatic carbocycles. The quantitative estimate of drug-likeness (QED) is 0.773. The Labute approximate surface area is 142 Å². The number of nitrogens with one attached hydrogen (secondary N) is 1. The van der Waals surface area contributed by atoms with Gasteiger partial charge in [0.05, 0.1) is 11.4 Å². The molecule has 126 valence electrons. The Bertz CT molecular complexity index is 960. The number of hydrogen-bond acceptors (Lipinski definition) is 4. The van der Waals surface area contributed by atoms with Gasteiger partial charge in [-0.2, -0.15) is 0 Å². The predicted octanol–water partition coefficient (Wildman–Crippen LogP) is 3.15. The Hall–Kier alpha value is -2.34. The number of aryl methyl sites for hydroxylation is 1. The number of sulfone groups is 1. The van der Waals surface area contributed by atoms with Crippen LogP contribution in [-0.4, -0.2) is 35.9 Å². The molecule has 0 saturated carbocycles. The number of benzene rings is 1. The zero-order valence-corrected chi connectivity index (χ0v) is 14.8. The first-order valence-electron chi connectivity index (χ1n) is 7.81. The number of pyridine rings is 1. The molecule has 24 heavy (non-hydrogen) atoms. The second kappa shape index (κ2) is 6.28. The van der Waals surface area contributed by atoms with Gasteiger partial charge in [0.2, 0.25) is 0 Å². The lowest BCUT2D eigenvalue weighted by Gasteiger charge is -2.14. The lowest BCUT2D eigenvalue weighted by Crippen LogP contribution is -2.24.